The van der Waals surface area contributed by atoms with Crippen molar-refractivity contribution in [3.63, 3.8) is 0 Å². The van der Waals surface area contributed by atoms with Crippen LogP contribution in [0, 0.1) is 0 Å². The number of para-hydroxylation sites is 1. The van der Waals surface area contributed by atoms with Crippen molar-refractivity contribution in [1.29, 1.82) is 0 Å². The van der Waals surface area contributed by atoms with E-state index in [2.05, 4.69) is 15.9 Å². The summed E-state index contributed by atoms with van der Waals surface area (Å²) in [6, 6.07) is 7.44. The smallest absolute Gasteiger partial charge is 0.212 e. The van der Waals surface area contributed by atoms with Crippen LogP contribution in [0.15, 0.2) is 33.2 Å². The Hall–Kier alpha value is -1.13. The van der Waals surface area contributed by atoms with Crippen LogP contribution in [0.4, 0.5) is 0 Å². The lowest BCUT2D eigenvalue weighted by Crippen LogP contribution is -2.12. The number of carbonyl (C=O) groups is 1. The van der Waals surface area contributed by atoms with Gasteiger partial charge < -0.3 is 10.2 Å². The number of furan rings is 1. The summed E-state index contributed by atoms with van der Waals surface area (Å²) < 4.78 is 6.06. The molecule has 0 unspecified atom stereocenters. The minimum atomic E-state index is -0.201. The molecule has 14 heavy (non-hydrogen) atoms. The van der Waals surface area contributed by atoms with Crippen LogP contribution in [0.2, 0.25) is 0 Å². The minimum absolute atomic E-state index is 0.0432. The molecule has 0 radical (unpaired) electrons. The molecule has 0 aliphatic heterocycles. The fraction of sp³-hybridized carbons (Fsp3) is 0.100. The largest absolute Gasteiger partial charge is 0.452 e. The van der Waals surface area contributed by atoms with Gasteiger partial charge >= 0.3 is 0 Å². The molecule has 4 heteroatoms. The zero-order valence-corrected chi connectivity index (χ0v) is 8.87. The summed E-state index contributed by atoms with van der Waals surface area (Å²) in [5.41, 5.74) is 5.96. The van der Waals surface area contributed by atoms with E-state index in [9.17, 15) is 4.79 Å². The number of ketones is 1. The Morgan fingerprint density at radius 1 is 1.43 bits per heavy atom. The monoisotopic (exact) mass is 253 g/mol. The van der Waals surface area contributed by atoms with Crippen molar-refractivity contribution in [1.82, 2.24) is 0 Å². The summed E-state index contributed by atoms with van der Waals surface area (Å²) in [7, 11) is 0. The van der Waals surface area contributed by atoms with Crippen molar-refractivity contribution in [2.75, 3.05) is 6.54 Å². The Balaban J connectivity index is 2.68. The molecule has 0 aliphatic carbocycles. The average molecular weight is 254 g/mol. The van der Waals surface area contributed by atoms with Crippen molar-refractivity contribution >= 4 is 32.7 Å². The SMILES string of the molecule is NCC(=O)c1oc2ccccc2c1Br. The van der Waals surface area contributed by atoms with E-state index in [1.807, 2.05) is 24.3 Å². The minimum Gasteiger partial charge on any atom is -0.452 e. The van der Waals surface area contributed by atoms with Crippen molar-refractivity contribution < 1.29 is 9.21 Å². The number of fused-ring (bicyclic) bond motifs is 1. The Labute approximate surface area is 89.0 Å². The highest BCUT2D eigenvalue weighted by Crippen LogP contribution is 2.30. The molecule has 2 rings (SSSR count). The molecule has 0 spiro atoms. The van der Waals surface area contributed by atoms with Crippen LogP contribution < -0.4 is 5.73 Å². The van der Waals surface area contributed by atoms with E-state index >= 15 is 0 Å². The van der Waals surface area contributed by atoms with E-state index in [0.29, 0.717) is 15.8 Å². The molecule has 1 aromatic carbocycles. The standard InChI is InChI=1S/C10H8BrNO2/c11-9-6-3-1-2-4-8(6)14-10(9)7(13)5-12/h1-4H,5,12H2. The van der Waals surface area contributed by atoms with Gasteiger partial charge in [-0.1, -0.05) is 12.1 Å². The third-order valence-corrected chi connectivity index (χ3v) is 2.76. The Morgan fingerprint density at radius 3 is 2.79 bits per heavy atom. The van der Waals surface area contributed by atoms with Crippen LogP contribution >= 0.6 is 15.9 Å². The lowest BCUT2D eigenvalue weighted by Gasteiger charge is -1.90. The Morgan fingerprint density at radius 2 is 2.14 bits per heavy atom. The van der Waals surface area contributed by atoms with Gasteiger partial charge in [-0.15, -0.1) is 0 Å². The molecule has 0 fully saturated rings. The summed E-state index contributed by atoms with van der Waals surface area (Å²) in [6.07, 6.45) is 0. The van der Waals surface area contributed by atoms with E-state index < -0.39 is 0 Å². The molecule has 3 nitrogen and oxygen atoms in total. The van der Waals surface area contributed by atoms with Crippen molar-refractivity contribution in [2.45, 2.75) is 0 Å². The lowest BCUT2D eigenvalue weighted by molar-refractivity contribution is 0.0976. The Bertz CT molecular complexity index is 490. The third kappa shape index (κ3) is 1.36. The third-order valence-electron chi connectivity index (χ3n) is 1.97. The molecule has 2 aromatic rings. The van der Waals surface area contributed by atoms with Crippen molar-refractivity contribution in [3.8, 4) is 0 Å². The molecule has 0 amide bonds. The van der Waals surface area contributed by atoms with E-state index in [4.69, 9.17) is 10.2 Å². The van der Waals surface area contributed by atoms with Crippen LogP contribution in [-0.4, -0.2) is 12.3 Å². The predicted octanol–water partition coefficient (Wildman–Crippen LogP) is 2.34. The zero-order chi connectivity index (χ0) is 10.1. The second-order valence-electron chi connectivity index (χ2n) is 2.87. The summed E-state index contributed by atoms with van der Waals surface area (Å²) >= 11 is 3.32. The topological polar surface area (TPSA) is 56.2 Å². The highest BCUT2D eigenvalue weighted by atomic mass is 79.9. The second-order valence-corrected chi connectivity index (χ2v) is 3.66. The van der Waals surface area contributed by atoms with Gasteiger partial charge in [0, 0.05) is 5.39 Å². The molecule has 0 bridgehead atoms. The molecule has 1 aromatic heterocycles. The molecular weight excluding hydrogens is 246 g/mol. The van der Waals surface area contributed by atoms with Gasteiger partial charge in [-0.3, -0.25) is 4.79 Å². The quantitative estimate of drug-likeness (QED) is 0.837. The maximum absolute atomic E-state index is 11.4. The van der Waals surface area contributed by atoms with Crippen molar-refractivity contribution in [3.05, 3.63) is 34.5 Å². The van der Waals surface area contributed by atoms with Crippen LogP contribution in [-0.2, 0) is 0 Å². The first-order valence-corrected chi connectivity index (χ1v) is 4.93. The molecule has 0 saturated carbocycles. The van der Waals surface area contributed by atoms with Gasteiger partial charge in [0.05, 0.1) is 11.0 Å². The second kappa shape index (κ2) is 3.55. The number of benzene rings is 1. The lowest BCUT2D eigenvalue weighted by atomic mass is 10.2. The molecule has 72 valence electrons. The molecule has 0 atom stereocenters. The van der Waals surface area contributed by atoms with Crippen molar-refractivity contribution in [2.24, 2.45) is 5.73 Å². The summed E-state index contributed by atoms with van der Waals surface area (Å²) in [5, 5.41) is 0.893. The molecule has 1 heterocycles. The molecule has 2 N–H and O–H groups in total. The fourth-order valence-corrected chi connectivity index (χ4v) is 1.92. The zero-order valence-electron chi connectivity index (χ0n) is 7.29. The van der Waals surface area contributed by atoms with E-state index in [-0.39, 0.29) is 12.3 Å². The van der Waals surface area contributed by atoms with Gasteiger partial charge in [0.1, 0.15) is 5.58 Å². The highest BCUT2D eigenvalue weighted by molar-refractivity contribution is 9.10. The first-order valence-electron chi connectivity index (χ1n) is 4.14. The van der Waals surface area contributed by atoms with Gasteiger partial charge in [0.15, 0.2) is 5.76 Å². The van der Waals surface area contributed by atoms with Gasteiger partial charge in [-0.2, -0.15) is 0 Å². The van der Waals surface area contributed by atoms with Crippen LogP contribution in [0.3, 0.4) is 0 Å². The summed E-state index contributed by atoms with van der Waals surface area (Å²) in [4.78, 5) is 11.4. The van der Waals surface area contributed by atoms with Crippen LogP contribution in [0.5, 0.6) is 0 Å². The fourth-order valence-electron chi connectivity index (χ4n) is 1.29. The maximum Gasteiger partial charge on any atom is 0.212 e. The Kier molecular flexibility index (Phi) is 2.39. The number of hydrogen-bond donors (Lipinski definition) is 1. The summed E-state index contributed by atoms with van der Waals surface area (Å²) in [6.45, 7) is -0.0432. The average Bonchev–Trinajstić information content (AvgIpc) is 2.56. The van der Waals surface area contributed by atoms with Gasteiger partial charge in [0.2, 0.25) is 5.78 Å². The van der Waals surface area contributed by atoms with Crippen LogP contribution in [0.25, 0.3) is 11.0 Å². The number of hydrogen-bond acceptors (Lipinski definition) is 3. The maximum atomic E-state index is 11.4. The first kappa shape index (κ1) is 9.43. The summed E-state index contributed by atoms with van der Waals surface area (Å²) in [5.74, 6) is 0.0989. The van der Waals surface area contributed by atoms with Gasteiger partial charge in [0.25, 0.3) is 0 Å². The highest BCUT2D eigenvalue weighted by Gasteiger charge is 2.16. The molecule has 0 aliphatic rings. The molecule has 0 saturated heterocycles. The van der Waals surface area contributed by atoms with E-state index in [1.54, 1.807) is 0 Å². The van der Waals surface area contributed by atoms with E-state index in [1.165, 1.54) is 0 Å². The predicted molar refractivity (Wildman–Crippen MR) is 57.3 cm³/mol. The number of rotatable bonds is 2. The number of nitrogens with two attached hydrogens (primary N) is 1. The number of Topliss-reactive ketones (excluding diaryl/α,β-unsaturated/α-hetero) is 1. The van der Waals surface area contributed by atoms with Gasteiger partial charge in [-0.05, 0) is 28.1 Å². The van der Waals surface area contributed by atoms with Crippen LogP contribution in [0.1, 0.15) is 10.6 Å². The first-order chi connectivity index (χ1) is 6.74. The van der Waals surface area contributed by atoms with Gasteiger partial charge in [-0.25, -0.2) is 0 Å². The molecular formula is C10H8BrNO2. The normalized spacial score (nSPS) is 10.7. The van der Waals surface area contributed by atoms with E-state index in [0.717, 1.165) is 5.39 Å². The number of carbonyl (C=O) groups excluding carboxylic acids is 1. The number of halogens is 1.